The van der Waals surface area contributed by atoms with Crippen molar-refractivity contribution in [3.8, 4) is 11.8 Å². The summed E-state index contributed by atoms with van der Waals surface area (Å²) in [5.41, 5.74) is 1.15. The van der Waals surface area contributed by atoms with E-state index in [1.54, 1.807) is 29.6 Å². The maximum absolute atomic E-state index is 12.2. The summed E-state index contributed by atoms with van der Waals surface area (Å²) in [5, 5.41) is 14.2. The normalized spacial score (nSPS) is 9.86. The van der Waals surface area contributed by atoms with Gasteiger partial charge in [0.1, 0.15) is 4.88 Å². The minimum Gasteiger partial charge on any atom is -0.395 e. The van der Waals surface area contributed by atoms with Gasteiger partial charge in [0.2, 0.25) is 0 Å². The molecule has 0 atom stereocenters. The first-order valence-electron chi connectivity index (χ1n) is 6.05. The zero-order chi connectivity index (χ0) is 15.2. The summed E-state index contributed by atoms with van der Waals surface area (Å²) >= 11 is 13.2. The van der Waals surface area contributed by atoms with Crippen molar-refractivity contribution in [1.82, 2.24) is 0 Å². The molecule has 0 spiro atoms. The lowest BCUT2D eigenvalue weighted by atomic mass is 10.1. The van der Waals surface area contributed by atoms with Gasteiger partial charge in [0, 0.05) is 17.0 Å². The van der Waals surface area contributed by atoms with Crippen LogP contribution in [0.15, 0.2) is 29.6 Å². The molecule has 3 nitrogen and oxygen atoms in total. The minimum atomic E-state index is -0.303. The van der Waals surface area contributed by atoms with Crippen LogP contribution in [0.4, 0.5) is 5.69 Å². The van der Waals surface area contributed by atoms with Crippen LogP contribution < -0.4 is 5.32 Å². The monoisotopic (exact) mass is 339 g/mol. The summed E-state index contributed by atoms with van der Waals surface area (Å²) in [7, 11) is 0. The van der Waals surface area contributed by atoms with Crippen molar-refractivity contribution in [2.75, 3.05) is 11.9 Å². The molecule has 1 amide bonds. The van der Waals surface area contributed by atoms with Crippen molar-refractivity contribution in [1.29, 1.82) is 0 Å². The molecule has 0 saturated heterocycles. The molecule has 1 aromatic carbocycles. The van der Waals surface area contributed by atoms with E-state index in [2.05, 4.69) is 17.2 Å². The Morgan fingerprint density at radius 3 is 2.81 bits per heavy atom. The Morgan fingerprint density at radius 1 is 1.33 bits per heavy atom. The van der Waals surface area contributed by atoms with Crippen molar-refractivity contribution in [2.45, 2.75) is 6.42 Å². The fraction of sp³-hybridized carbons (Fsp3) is 0.133. The Balaban J connectivity index is 2.27. The van der Waals surface area contributed by atoms with Crippen molar-refractivity contribution in [3.05, 3.63) is 50.1 Å². The second-order valence-corrected chi connectivity index (χ2v) is 5.78. The first-order chi connectivity index (χ1) is 10.1. The molecule has 6 heteroatoms. The van der Waals surface area contributed by atoms with E-state index in [0.29, 0.717) is 32.6 Å². The molecule has 0 radical (unpaired) electrons. The number of nitrogens with one attached hydrogen (secondary N) is 1. The molecule has 0 saturated carbocycles. The molecule has 2 rings (SSSR count). The highest BCUT2D eigenvalue weighted by Gasteiger charge is 2.13. The minimum absolute atomic E-state index is 0.00686. The third kappa shape index (κ3) is 4.23. The van der Waals surface area contributed by atoms with Crippen molar-refractivity contribution in [2.24, 2.45) is 0 Å². The van der Waals surface area contributed by atoms with Crippen LogP contribution in [0.25, 0.3) is 0 Å². The third-order valence-electron chi connectivity index (χ3n) is 2.51. The van der Waals surface area contributed by atoms with E-state index < -0.39 is 0 Å². The van der Waals surface area contributed by atoms with E-state index in [1.807, 2.05) is 0 Å². The predicted molar refractivity (Wildman–Crippen MR) is 87.3 cm³/mol. The molecule has 1 aromatic heterocycles. The van der Waals surface area contributed by atoms with Gasteiger partial charge in [-0.25, -0.2) is 0 Å². The molecule has 0 aliphatic rings. The molecule has 2 N–H and O–H groups in total. The first kappa shape index (κ1) is 15.9. The summed E-state index contributed by atoms with van der Waals surface area (Å²) in [6.07, 6.45) is 0.368. The highest BCUT2D eigenvalue weighted by atomic mass is 35.5. The molecular formula is C15H11Cl2NO2S. The fourth-order valence-corrected chi connectivity index (χ4v) is 2.79. The third-order valence-corrected chi connectivity index (χ3v) is 4.09. The summed E-state index contributed by atoms with van der Waals surface area (Å²) < 4.78 is 0. The quantitative estimate of drug-likeness (QED) is 0.829. The summed E-state index contributed by atoms with van der Waals surface area (Å²) in [6, 6.07) is 6.71. The molecule has 0 aliphatic heterocycles. The number of rotatable bonds is 3. The molecule has 21 heavy (non-hydrogen) atoms. The van der Waals surface area contributed by atoms with E-state index >= 15 is 0 Å². The lowest BCUT2D eigenvalue weighted by molar-refractivity contribution is 0.103. The first-order valence-corrected chi connectivity index (χ1v) is 7.69. The molecular weight excluding hydrogens is 329 g/mol. The SMILES string of the molecule is O=C(Nc1cc(Cl)ccc1C#CCCO)c1sccc1Cl. The van der Waals surface area contributed by atoms with Crippen molar-refractivity contribution in [3.63, 3.8) is 0 Å². The van der Waals surface area contributed by atoms with Crippen molar-refractivity contribution < 1.29 is 9.90 Å². The fourth-order valence-electron chi connectivity index (χ4n) is 1.58. The number of thiophene rings is 1. The lowest BCUT2D eigenvalue weighted by Gasteiger charge is -2.07. The lowest BCUT2D eigenvalue weighted by Crippen LogP contribution is -2.11. The Bertz CT molecular complexity index is 716. The van der Waals surface area contributed by atoms with Gasteiger partial charge in [0.15, 0.2) is 0 Å². The highest BCUT2D eigenvalue weighted by molar-refractivity contribution is 7.12. The second kappa shape index (κ2) is 7.48. The number of halogens is 2. The topological polar surface area (TPSA) is 49.3 Å². The summed E-state index contributed by atoms with van der Waals surface area (Å²) in [5.74, 6) is 5.40. The molecule has 0 unspecified atom stereocenters. The van der Waals surface area contributed by atoms with Crippen LogP contribution in [0.5, 0.6) is 0 Å². The van der Waals surface area contributed by atoms with Crippen molar-refractivity contribution >= 4 is 46.1 Å². The number of carbonyl (C=O) groups excluding carboxylic acids is 1. The zero-order valence-electron chi connectivity index (χ0n) is 10.8. The van der Waals surface area contributed by atoms with Crippen LogP contribution in [0.1, 0.15) is 21.7 Å². The average molecular weight is 340 g/mol. The molecule has 2 aromatic rings. The van der Waals surface area contributed by atoms with E-state index in [0.717, 1.165) is 0 Å². The van der Waals surface area contributed by atoms with Gasteiger partial charge in [0.05, 0.1) is 17.3 Å². The van der Waals surface area contributed by atoms with E-state index in [1.165, 1.54) is 11.3 Å². The van der Waals surface area contributed by atoms with Crippen LogP contribution in [-0.4, -0.2) is 17.6 Å². The molecule has 108 valence electrons. The average Bonchev–Trinajstić information content (AvgIpc) is 2.88. The number of amides is 1. The number of carbonyl (C=O) groups is 1. The molecule has 0 aliphatic carbocycles. The number of benzene rings is 1. The second-order valence-electron chi connectivity index (χ2n) is 4.02. The summed E-state index contributed by atoms with van der Waals surface area (Å²) in [6.45, 7) is -0.00686. The van der Waals surface area contributed by atoms with Gasteiger partial charge in [-0.05, 0) is 29.6 Å². The van der Waals surface area contributed by atoms with Gasteiger partial charge in [-0.1, -0.05) is 35.0 Å². The number of hydrogen-bond donors (Lipinski definition) is 2. The van der Waals surface area contributed by atoms with Gasteiger partial charge in [-0.2, -0.15) is 0 Å². The van der Waals surface area contributed by atoms with Gasteiger partial charge >= 0.3 is 0 Å². The van der Waals surface area contributed by atoms with E-state index in [4.69, 9.17) is 28.3 Å². The smallest absolute Gasteiger partial charge is 0.267 e. The summed E-state index contributed by atoms with van der Waals surface area (Å²) in [4.78, 5) is 12.6. The van der Waals surface area contributed by atoms with Crippen LogP contribution >= 0.6 is 34.5 Å². The molecule has 1 heterocycles. The Kier molecular flexibility index (Phi) is 5.66. The van der Waals surface area contributed by atoms with Gasteiger partial charge < -0.3 is 10.4 Å². The largest absolute Gasteiger partial charge is 0.395 e. The Labute approximate surface area is 136 Å². The van der Waals surface area contributed by atoms with Crippen LogP contribution in [0.3, 0.4) is 0 Å². The predicted octanol–water partition coefficient (Wildman–Crippen LogP) is 4.04. The van der Waals surface area contributed by atoms with Gasteiger partial charge in [-0.3, -0.25) is 4.79 Å². The standard InChI is InChI=1S/C15H11Cl2NO2S/c16-11-5-4-10(3-1-2-7-19)13(9-11)18-15(20)14-12(17)6-8-21-14/h4-6,8-9,19H,2,7H2,(H,18,20). The Hall–Kier alpha value is -1.51. The maximum atomic E-state index is 12.2. The zero-order valence-corrected chi connectivity index (χ0v) is 13.1. The number of aliphatic hydroxyl groups is 1. The highest BCUT2D eigenvalue weighted by Crippen LogP contribution is 2.25. The number of aliphatic hydroxyl groups excluding tert-OH is 1. The van der Waals surface area contributed by atoms with Crippen LogP contribution in [0.2, 0.25) is 10.0 Å². The van der Waals surface area contributed by atoms with Crippen LogP contribution in [0, 0.1) is 11.8 Å². The van der Waals surface area contributed by atoms with E-state index in [-0.39, 0.29) is 12.5 Å². The van der Waals surface area contributed by atoms with Gasteiger partial charge in [0.25, 0.3) is 5.91 Å². The molecule has 0 bridgehead atoms. The maximum Gasteiger partial charge on any atom is 0.267 e. The van der Waals surface area contributed by atoms with E-state index in [9.17, 15) is 4.79 Å². The van der Waals surface area contributed by atoms with Crippen LogP contribution in [-0.2, 0) is 0 Å². The number of anilines is 1. The van der Waals surface area contributed by atoms with Gasteiger partial charge in [-0.15, -0.1) is 11.3 Å². The number of hydrogen-bond acceptors (Lipinski definition) is 3. The molecule has 0 fully saturated rings. The Morgan fingerprint density at radius 2 is 2.14 bits per heavy atom.